The van der Waals surface area contributed by atoms with E-state index in [0.29, 0.717) is 11.1 Å². The molecule has 69 heavy (non-hydrogen) atoms. The Morgan fingerprint density at radius 1 is 0.594 bits per heavy atom. The number of sulfonamides is 2. The normalized spacial score (nSPS) is 11.3. The molecule has 0 bridgehead atoms. The predicted molar refractivity (Wildman–Crippen MR) is 253 cm³/mol. The number of carbonyl (C=O) groups is 2. The number of aromatic carboxylic acids is 1. The van der Waals surface area contributed by atoms with Crippen molar-refractivity contribution in [3.05, 3.63) is 156 Å². The number of halogens is 4. The van der Waals surface area contributed by atoms with Gasteiger partial charge in [-0.15, -0.1) is 0 Å². The number of fused-ring (bicyclic) bond motifs is 2. The van der Waals surface area contributed by atoms with E-state index >= 15 is 0 Å². The number of hydrogen-bond acceptors (Lipinski definition) is 11. The van der Waals surface area contributed by atoms with E-state index in [4.69, 9.17) is 13.7 Å². The summed E-state index contributed by atoms with van der Waals surface area (Å²) in [7, 11) is -2.14. The Kier molecular flexibility index (Phi) is 15.3. The Bertz CT molecular complexity index is 3440. The molecular weight excluding hydrogens is 949 g/mol. The molecule has 0 aliphatic heterocycles. The Morgan fingerprint density at radius 2 is 0.957 bits per heavy atom. The van der Waals surface area contributed by atoms with Gasteiger partial charge in [0.1, 0.15) is 51.5 Å². The number of nitrogens with two attached hydrogens (primary N) is 1. The molecule has 0 fully saturated rings. The van der Waals surface area contributed by atoms with E-state index in [-0.39, 0.29) is 78.2 Å². The van der Waals surface area contributed by atoms with E-state index in [1.165, 1.54) is 138 Å². The Hall–Kier alpha value is -7.56. The van der Waals surface area contributed by atoms with Crippen molar-refractivity contribution in [2.24, 2.45) is 5.90 Å². The number of rotatable bonds is 11. The Balaban J connectivity index is 0.000000215. The first-order chi connectivity index (χ1) is 32.6. The van der Waals surface area contributed by atoms with Gasteiger partial charge in [-0.3, -0.25) is 18.2 Å². The second kappa shape index (κ2) is 20.8. The second-order valence-corrected chi connectivity index (χ2v) is 19.0. The second-order valence-electron chi connectivity index (χ2n) is 15.0. The molecule has 6 aromatic carbocycles. The first kappa shape index (κ1) is 50.8. The van der Waals surface area contributed by atoms with Crippen molar-refractivity contribution in [2.75, 3.05) is 49.4 Å². The fourth-order valence-corrected chi connectivity index (χ4v) is 8.14. The first-order valence-electron chi connectivity index (χ1n) is 20.0. The van der Waals surface area contributed by atoms with E-state index in [2.05, 4.69) is 16.2 Å². The number of hydrogen-bond donors (Lipinski definition) is 3. The maximum atomic E-state index is 14.8. The third-order valence-corrected chi connectivity index (χ3v) is 12.8. The Morgan fingerprint density at radius 3 is 1.30 bits per heavy atom. The summed E-state index contributed by atoms with van der Waals surface area (Å²) in [4.78, 5) is 33.6. The number of carboxylic acid groups (broad SMARTS) is 1. The molecule has 1 amide bonds. The smallest absolute Gasteiger partial charge is 0.340 e. The lowest BCUT2D eigenvalue weighted by Crippen LogP contribution is -2.25. The molecule has 8 aromatic rings. The minimum Gasteiger partial charge on any atom is -0.478 e. The van der Waals surface area contributed by atoms with Crippen molar-refractivity contribution in [1.29, 1.82) is 0 Å². The summed E-state index contributed by atoms with van der Waals surface area (Å²) in [6, 6.07) is 27.7. The summed E-state index contributed by atoms with van der Waals surface area (Å²) >= 11 is 0. The van der Waals surface area contributed by atoms with Crippen LogP contribution in [0.5, 0.6) is 0 Å². The van der Waals surface area contributed by atoms with Crippen molar-refractivity contribution in [3.8, 4) is 44.9 Å². The number of hydroxylamine groups is 1. The number of carboxylic acids is 1. The number of carbonyl (C=O) groups excluding carboxylic acids is 1. The highest BCUT2D eigenvalue weighted by Gasteiger charge is 2.29. The largest absolute Gasteiger partial charge is 0.478 e. The van der Waals surface area contributed by atoms with Crippen LogP contribution in [0, 0.1) is 23.3 Å². The number of nitrogens with one attached hydrogen (secondary N) is 1. The van der Waals surface area contributed by atoms with Crippen molar-refractivity contribution in [1.82, 2.24) is 5.48 Å². The molecule has 15 nitrogen and oxygen atoms in total. The molecule has 4 N–H and O–H groups in total. The number of benzene rings is 6. The third-order valence-electron chi connectivity index (χ3n) is 10.5. The molecule has 0 aliphatic rings. The lowest BCUT2D eigenvalue weighted by molar-refractivity contribution is 0.0539. The van der Waals surface area contributed by atoms with Crippen LogP contribution in [0.1, 0.15) is 20.7 Å². The maximum Gasteiger partial charge on any atom is 0.340 e. The van der Waals surface area contributed by atoms with Crippen LogP contribution in [0.4, 0.5) is 28.9 Å². The van der Waals surface area contributed by atoms with Gasteiger partial charge in [-0.05, 0) is 72.8 Å². The molecule has 21 heteroatoms. The van der Waals surface area contributed by atoms with Crippen LogP contribution in [-0.2, 0) is 29.7 Å². The van der Waals surface area contributed by atoms with E-state index in [0.717, 1.165) is 21.1 Å². The highest BCUT2D eigenvalue weighted by Crippen LogP contribution is 2.44. The van der Waals surface area contributed by atoms with Gasteiger partial charge in [0.25, 0.3) is 5.91 Å². The molecule has 2 aromatic heterocycles. The zero-order valence-electron chi connectivity index (χ0n) is 37.4. The lowest BCUT2D eigenvalue weighted by Gasteiger charge is -2.21. The molecule has 2 heterocycles. The lowest BCUT2D eigenvalue weighted by atomic mass is 9.98. The quantitative estimate of drug-likeness (QED) is 0.0817. The highest BCUT2D eigenvalue weighted by molar-refractivity contribution is 7.92. The summed E-state index contributed by atoms with van der Waals surface area (Å²) in [6.45, 7) is 0. The van der Waals surface area contributed by atoms with Gasteiger partial charge < -0.3 is 18.8 Å². The van der Waals surface area contributed by atoms with Gasteiger partial charge in [0, 0.05) is 70.4 Å². The summed E-state index contributed by atoms with van der Waals surface area (Å²) in [5.74, 6) is 0.344. The summed E-state index contributed by atoms with van der Waals surface area (Å²) in [5, 5.41) is 10.3. The van der Waals surface area contributed by atoms with Crippen LogP contribution < -0.4 is 20.0 Å². The van der Waals surface area contributed by atoms with E-state index < -0.39 is 55.2 Å². The number of furan rings is 2. The average molecular weight is 991 g/mol. The van der Waals surface area contributed by atoms with Crippen molar-refractivity contribution in [3.63, 3.8) is 0 Å². The number of nitrogens with zero attached hydrogens (tertiary/aromatic N) is 2. The molecular formula is C48H42F4N4O11S2. The standard InChI is InChI=1S/C24H20F2N2O5S.C23H17F2NO5S.CH5NO/c1-28(34(3,30)31)20-13-21-18(12-17(20)16-6-4-5-7-19(16)26)22(24(29)27-32-2)23(33-21)14-8-10-15(25)11-9-14;1-26(32(2,29)30)19-12-20-17(11-16(19)15-5-3-4-6-18(15)25)21(23(27)28)22(31-20)13-7-9-14(24)10-8-13;1-3-2/h4-13H,1-3H3,(H,27,29);3-12H,1-2H3,(H,27,28);2H2,1H3. The molecule has 0 spiro atoms. The molecule has 8 rings (SSSR count). The number of anilines is 2. The minimum absolute atomic E-state index is 0.0221. The molecule has 0 radical (unpaired) electrons. The highest BCUT2D eigenvalue weighted by atomic mass is 32.2. The predicted octanol–water partition coefficient (Wildman–Crippen LogP) is 9.38. The van der Waals surface area contributed by atoms with E-state index in [1.807, 2.05) is 0 Å². The Labute approximate surface area is 392 Å². The molecule has 360 valence electrons. The summed E-state index contributed by atoms with van der Waals surface area (Å²) in [6.07, 6.45) is 2.02. The van der Waals surface area contributed by atoms with Gasteiger partial charge in [-0.1, -0.05) is 36.4 Å². The molecule has 0 unspecified atom stereocenters. The van der Waals surface area contributed by atoms with Crippen molar-refractivity contribution >= 4 is 65.2 Å². The zero-order valence-corrected chi connectivity index (χ0v) is 39.0. The maximum absolute atomic E-state index is 14.8. The van der Waals surface area contributed by atoms with Crippen molar-refractivity contribution < 1.29 is 67.6 Å². The third kappa shape index (κ3) is 10.9. The van der Waals surface area contributed by atoms with Gasteiger partial charge >= 0.3 is 5.97 Å². The van der Waals surface area contributed by atoms with Crippen LogP contribution in [0.2, 0.25) is 0 Å². The molecule has 0 aliphatic carbocycles. The van der Waals surface area contributed by atoms with Gasteiger partial charge in [-0.2, -0.15) is 0 Å². The van der Waals surface area contributed by atoms with E-state index in [1.54, 1.807) is 12.1 Å². The van der Waals surface area contributed by atoms with E-state index in [9.17, 15) is 49.1 Å². The fourth-order valence-electron chi connectivity index (χ4n) is 7.12. The first-order valence-corrected chi connectivity index (χ1v) is 23.7. The monoisotopic (exact) mass is 990 g/mol. The molecule has 0 atom stereocenters. The number of amides is 1. The van der Waals surface area contributed by atoms with Crippen LogP contribution >= 0.6 is 0 Å². The summed E-state index contributed by atoms with van der Waals surface area (Å²) in [5.41, 5.74) is 4.01. The molecule has 0 saturated heterocycles. The fraction of sp³-hybridized carbons (Fsp3) is 0.125. The van der Waals surface area contributed by atoms with Gasteiger partial charge in [0.05, 0.1) is 43.7 Å². The van der Waals surface area contributed by atoms with Gasteiger partial charge in [0.15, 0.2) is 0 Å². The van der Waals surface area contributed by atoms with Crippen LogP contribution in [0.3, 0.4) is 0 Å². The molecule has 0 saturated carbocycles. The zero-order chi connectivity index (χ0) is 50.5. The van der Waals surface area contributed by atoms with Crippen LogP contribution in [-0.4, -0.2) is 74.6 Å². The van der Waals surface area contributed by atoms with Crippen LogP contribution in [0.25, 0.3) is 66.8 Å². The average Bonchev–Trinajstić information content (AvgIpc) is 3.87. The topological polar surface area (TPSA) is 212 Å². The van der Waals surface area contributed by atoms with Crippen molar-refractivity contribution in [2.45, 2.75) is 0 Å². The SMILES string of the molecule is CN(c1cc2oc(-c3ccc(F)cc3)c(C(=O)O)c2cc1-c1ccccc1F)S(C)(=O)=O.CON.CONC(=O)c1c(-c2ccc(F)cc2)oc2cc(N(C)S(C)(=O)=O)c(-c3ccccc3F)cc12. The summed E-state index contributed by atoms with van der Waals surface area (Å²) < 4.78 is 119. The van der Waals surface area contributed by atoms with Gasteiger partial charge in [-0.25, -0.2) is 50.6 Å². The minimum atomic E-state index is -3.73. The van der Waals surface area contributed by atoms with Crippen LogP contribution in [0.15, 0.2) is 130 Å². The van der Waals surface area contributed by atoms with Gasteiger partial charge in [0.2, 0.25) is 20.0 Å².